The maximum atomic E-state index is 7.17. The number of rotatable bonds is 19. The molecule has 15 heteroatoms. The van der Waals surface area contributed by atoms with Crippen molar-refractivity contribution >= 4 is 109 Å². The molecule has 15 nitrogen and oxygen atoms in total. The highest BCUT2D eigenvalue weighted by Crippen LogP contribution is 2.56. The molecule has 15 rings (SSSR count). The monoisotopic (exact) mass is 1210 g/mol. The van der Waals surface area contributed by atoms with Crippen molar-refractivity contribution in [1.82, 2.24) is 39.9 Å². The summed E-state index contributed by atoms with van der Waals surface area (Å²) in [7, 11) is 5.07. The smallest absolute Gasteiger partial charge is 0.168 e. The van der Waals surface area contributed by atoms with Gasteiger partial charge >= 0.3 is 0 Å². The normalized spacial score (nSPS) is 12.0. The summed E-state index contributed by atoms with van der Waals surface area (Å²) in [6.45, 7) is 12.5. The topological polar surface area (TPSA) is 174 Å². The van der Waals surface area contributed by atoms with Crippen molar-refractivity contribution in [3.8, 4) is 85.8 Å². The number of nitrogens with zero attached hydrogens (tertiary/aromatic N) is 6. The molecular weight excluding hydrogens is 1140 g/mol. The van der Waals surface area contributed by atoms with Crippen LogP contribution in [0, 0.1) is 6.92 Å². The van der Waals surface area contributed by atoms with E-state index in [0.717, 1.165) is 127 Å². The van der Waals surface area contributed by atoms with E-state index in [4.69, 9.17) is 63.1 Å². The second-order valence-corrected chi connectivity index (χ2v) is 23.5. The minimum absolute atomic E-state index is 0.333. The third-order valence-corrected chi connectivity index (χ3v) is 17.9. The summed E-state index contributed by atoms with van der Waals surface area (Å²) in [5, 5.41) is 13.9. The zero-order valence-electron chi connectivity index (χ0n) is 52.6. The zero-order valence-corrected chi connectivity index (χ0v) is 52.6. The number of aromatic nitrogens is 8. The van der Waals surface area contributed by atoms with Gasteiger partial charge in [0.1, 0.15) is 62.8 Å². The van der Waals surface area contributed by atoms with Crippen LogP contribution in [0.5, 0.6) is 40.2 Å². The van der Waals surface area contributed by atoms with Crippen molar-refractivity contribution in [2.75, 3.05) is 47.8 Å². The van der Waals surface area contributed by atoms with E-state index in [1.54, 1.807) is 21.3 Å². The molecule has 0 fully saturated rings. The summed E-state index contributed by atoms with van der Waals surface area (Å²) in [6, 6.07) is 41.9. The number of nitrogens with one attached hydrogen (secondary N) is 2. The average Bonchev–Trinajstić information content (AvgIpc) is 1.62. The van der Waals surface area contributed by atoms with E-state index in [2.05, 4.69) is 130 Å². The summed E-state index contributed by atoms with van der Waals surface area (Å²) < 4.78 is 48.4. The van der Waals surface area contributed by atoms with Crippen LogP contribution in [-0.4, -0.2) is 87.6 Å². The molecule has 0 radical (unpaired) electrons. The summed E-state index contributed by atoms with van der Waals surface area (Å²) in [6.07, 6.45) is 6.92. The zero-order chi connectivity index (χ0) is 62.0. The van der Waals surface area contributed by atoms with Gasteiger partial charge in [-0.25, -0.2) is 29.9 Å². The minimum atomic E-state index is 0.333. The fourth-order valence-corrected chi connectivity index (χ4v) is 13.5. The first-order valence-electron chi connectivity index (χ1n) is 31.9. The first-order chi connectivity index (χ1) is 44.8. The Kier molecular flexibility index (Phi) is 14.8. The molecular formula is C76H70N8O7. The fourth-order valence-electron chi connectivity index (χ4n) is 13.5. The van der Waals surface area contributed by atoms with Gasteiger partial charge in [0.05, 0.1) is 86.2 Å². The van der Waals surface area contributed by atoms with Crippen LogP contribution < -0.4 is 33.2 Å². The molecule has 0 aliphatic carbocycles. The molecule has 0 saturated heterocycles. The summed E-state index contributed by atoms with van der Waals surface area (Å²) >= 11 is 0. The van der Waals surface area contributed by atoms with Crippen LogP contribution in [0.15, 0.2) is 121 Å². The van der Waals surface area contributed by atoms with E-state index in [1.807, 2.05) is 36.4 Å². The molecule has 13 aromatic rings. The van der Waals surface area contributed by atoms with Gasteiger partial charge in [0, 0.05) is 43.1 Å². The standard InChI is InChI=1S/C76H70N8O7/c1-9-13-33-88-65-50-37-42-25-17-18-26-43(42)38-51(50)66(89-34-14-10-2)59-58(65)73-78-69-54-41(5)46-29-21-22-30-47(46)62(85-6)55(54)70(77-69)79-74-60-61(68(91-36-16-12-4)53-40-45-28-20-19-27-44(45)39-52(53)67(60)90-35-15-11-3)76(84-74)82-72-57-56(71(80-72)81-75(59)83-73)63(86-7)48-31-23-24-32-49(48)64(57)87-8/h17-32,37-40H,9-16,33-36H2,1-8H3,(H2,77,78,79,80,81,82,83,84). The molecule has 2 N–H and O–H groups in total. The lowest BCUT2D eigenvalue weighted by molar-refractivity contribution is 0.308. The van der Waals surface area contributed by atoms with Crippen molar-refractivity contribution in [3.05, 3.63) is 127 Å². The highest BCUT2D eigenvalue weighted by atomic mass is 16.5. The Labute approximate surface area is 525 Å². The number of methoxy groups -OCH3 is 3. The Balaban J connectivity index is 1.20. The summed E-state index contributed by atoms with van der Waals surface area (Å²) in [5.41, 5.74) is 5.26. The van der Waals surface area contributed by atoms with Gasteiger partial charge in [0.2, 0.25) is 0 Å². The fraction of sp³-hybridized carbons (Fsp3) is 0.263. The third-order valence-electron chi connectivity index (χ3n) is 17.9. The molecule has 456 valence electrons. The van der Waals surface area contributed by atoms with Crippen LogP contribution in [0.1, 0.15) is 84.6 Å². The molecule has 0 atom stereocenters. The van der Waals surface area contributed by atoms with Gasteiger partial charge in [-0.05, 0) is 89.4 Å². The van der Waals surface area contributed by atoms with E-state index in [-0.39, 0.29) is 0 Å². The van der Waals surface area contributed by atoms with Crippen molar-refractivity contribution in [2.45, 2.75) is 86.0 Å². The van der Waals surface area contributed by atoms with Crippen LogP contribution in [0.4, 0.5) is 0 Å². The van der Waals surface area contributed by atoms with Crippen molar-refractivity contribution in [2.24, 2.45) is 0 Å². The highest BCUT2D eigenvalue weighted by molar-refractivity contribution is 6.23. The predicted molar refractivity (Wildman–Crippen MR) is 367 cm³/mol. The number of benzene rings is 10. The van der Waals surface area contributed by atoms with E-state index in [1.165, 1.54) is 0 Å². The van der Waals surface area contributed by atoms with Crippen LogP contribution in [-0.2, 0) is 0 Å². The van der Waals surface area contributed by atoms with Gasteiger partial charge in [-0.2, -0.15) is 0 Å². The van der Waals surface area contributed by atoms with Gasteiger partial charge in [-0.1, -0.05) is 150 Å². The lowest BCUT2D eigenvalue weighted by atomic mass is 9.95. The average molecular weight is 1210 g/mol. The molecule has 2 aliphatic rings. The Bertz CT molecular complexity index is 5270. The van der Waals surface area contributed by atoms with Gasteiger partial charge in [-0.3, -0.25) is 0 Å². The maximum Gasteiger partial charge on any atom is 0.168 e. The molecule has 2 aliphatic heterocycles. The molecule has 8 bridgehead atoms. The molecule has 0 saturated carbocycles. The van der Waals surface area contributed by atoms with Gasteiger partial charge < -0.3 is 43.1 Å². The number of aryl methyl sites for hydroxylation is 1. The second kappa shape index (κ2) is 23.6. The molecule has 3 aromatic heterocycles. The molecule has 0 spiro atoms. The largest absolute Gasteiger partial charge is 0.495 e. The number of aromatic amines is 2. The van der Waals surface area contributed by atoms with Crippen molar-refractivity contribution in [1.29, 1.82) is 0 Å². The van der Waals surface area contributed by atoms with Crippen molar-refractivity contribution in [3.63, 3.8) is 0 Å². The summed E-state index contributed by atoms with van der Waals surface area (Å²) in [5.74, 6) is 5.61. The minimum Gasteiger partial charge on any atom is -0.495 e. The third kappa shape index (κ3) is 9.29. The number of fused-ring (bicyclic) bond motifs is 26. The van der Waals surface area contributed by atoms with E-state index >= 15 is 0 Å². The highest BCUT2D eigenvalue weighted by Gasteiger charge is 2.36. The van der Waals surface area contributed by atoms with E-state index in [9.17, 15) is 0 Å². The molecule has 0 unspecified atom stereocenters. The Morgan fingerprint density at radius 2 is 0.571 bits per heavy atom. The first kappa shape index (κ1) is 57.2. The van der Waals surface area contributed by atoms with E-state index in [0.29, 0.717) is 151 Å². The number of H-pyrrole nitrogens is 2. The molecule has 10 aromatic carbocycles. The Morgan fingerprint density at radius 1 is 0.308 bits per heavy atom. The van der Waals surface area contributed by atoms with Gasteiger partial charge in [0.25, 0.3) is 0 Å². The number of ether oxygens (including phenoxy) is 7. The Hall–Kier alpha value is -10.3. The van der Waals surface area contributed by atoms with Crippen LogP contribution in [0.2, 0.25) is 0 Å². The number of unbranched alkanes of at least 4 members (excludes halogenated alkanes) is 4. The second-order valence-electron chi connectivity index (χ2n) is 23.5. The summed E-state index contributed by atoms with van der Waals surface area (Å²) in [4.78, 5) is 41.8. The Morgan fingerprint density at radius 3 is 0.868 bits per heavy atom. The van der Waals surface area contributed by atoms with Crippen LogP contribution >= 0.6 is 0 Å². The molecule has 5 heterocycles. The van der Waals surface area contributed by atoms with Crippen LogP contribution in [0.3, 0.4) is 0 Å². The SMILES string of the molecule is CCCCOc1c2c(c(OCCCC)c3cc4ccccc4cc13)-c1nc-2nc2[nH]c(nc3nc(nc4[nH]c(n1)c1c(OC)c5ccccc5c(OC)c41)-c1c-3c(OCCCC)c3cc4ccccc4cc3c1OCCCC)c1c(OC)c3ccccc3c(C)c21. The lowest BCUT2D eigenvalue weighted by Gasteiger charge is -2.19. The number of hydrogen-bond donors (Lipinski definition) is 2. The lowest BCUT2D eigenvalue weighted by Crippen LogP contribution is -2.04. The quantitative estimate of drug-likeness (QED) is 0.0579. The predicted octanol–water partition coefficient (Wildman–Crippen LogP) is 18.8. The molecule has 91 heavy (non-hydrogen) atoms. The first-order valence-corrected chi connectivity index (χ1v) is 31.9. The van der Waals surface area contributed by atoms with E-state index < -0.39 is 0 Å². The maximum absolute atomic E-state index is 7.17. The van der Waals surface area contributed by atoms with Gasteiger partial charge in [-0.15, -0.1) is 0 Å². The molecule has 0 amide bonds. The van der Waals surface area contributed by atoms with Crippen molar-refractivity contribution < 1.29 is 33.2 Å². The van der Waals surface area contributed by atoms with Gasteiger partial charge in [0.15, 0.2) is 23.3 Å². The van der Waals surface area contributed by atoms with Crippen LogP contribution in [0.25, 0.3) is 154 Å². The number of hydrogen-bond acceptors (Lipinski definition) is 13.